The summed E-state index contributed by atoms with van der Waals surface area (Å²) < 4.78 is 13.6. The van der Waals surface area contributed by atoms with Gasteiger partial charge in [-0.3, -0.25) is 14.7 Å². The monoisotopic (exact) mass is 415 g/mol. The van der Waals surface area contributed by atoms with E-state index in [0.29, 0.717) is 21.2 Å². The zero-order valence-corrected chi connectivity index (χ0v) is 16.0. The van der Waals surface area contributed by atoms with Gasteiger partial charge < -0.3 is 10.6 Å². The molecule has 0 aliphatic rings. The van der Waals surface area contributed by atoms with Crippen LogP contribution < -0.4 is 10.6 Å². The zero-order valence-electron chi connectivity index (χ0n) is 14.4. The molecule has 1 aromatic carbocycles. The molecule has 0 atom stereocenters. The number of thiazole rings is 1. The normalized spacial score (nSPS) is 10.9. The highest BCUT2D eigenvalue weighted by atomic mass is 32.1. The van der Waals surface area contributed by atoms with E-state index in [1.807, 2.05) is 6.07 Å². The summed E-state index contributed by atoms with van der Waals surface area (Å²) in [4.78, 5) is 29.8. The Kier molecular flexibility index (Phi) is 5.13. The minimum absolute atomic E-state index is 0.129. The molecule has 4 aromatic rings. The first-order valence-corrected chi connectivity index (χ1v) is 9.97. The van der Waals surface area contributed by atoms with E-state index in [2.05, 4.69) is 25.8 Å². The van der Waals surface area contributed by atoms with Crippen LogP contribution in [0.25, 0.3) is 10.2 Å². The predicted molar refractivity (Wildman–Crippen MR) is 106 cm³/mol. The van der Waals surface area contributed by atoms with Crippen LogP contribution in [0.2, 0.25) is 0 Å². The van der Waals surface area contributed by atoms with Gasteiger partial charge in [-0.2, -0.15) is 5.10 Å². The van der Waals surface area contributed by atoms with Crippen molar-refractivity contribution in [3.05, 3.63) is 63.2 Å². The standard InChI is InChI=1S/C18H14FN5O2S2/c19-13-4-2-1-3-10(13)9-21-14(25)8-11-7-12-15(23-24-17(12)28-11)22-16(26)18-20-5-6-27-18/h1-7H,8-9H2,(H,21,25)(H2,22,23,24,26). The van der Waals surface area contributed by atoms with Gasteiger partial charge in [-0.15, -0.1) is 22.7 Å². The number of halogens is 1. The van der Waals surface area contributed by atoms with Crippen molar-refractivity contribution in [1.29, 1.82) is 0 Å². The van der Waals surface area contributed by atoms with Gasteiger partial charge in [0.25, 0.3) is 5.91 Å². The number of carbonyl (C=O) groups excluding carboxylic acids is 2. The molecule has 0 radical (unpaired) electrons. The van der Waals surface area contributed by atoms with Gasteiger partial charge in [-0.25, -0.2) is 9.37 Å². The van der Waals surface area contributed by atoms with E-state index in [1.54, 1.807) is 29.8 Å². The summed E-state index contributed by atoms with van der Waals surface area (Å²) in [7, 11) is 0. The first kappa shape index (κ1) is 18.3. The number of aromatic amines is 1. The van der Waals surface area contributed by atoms with E-state index < -0.39 is 0 Å². The van der Waals surface area contributed by atoms with Gasteiger partial charge in [0.1, 0.15) is 16.5 Å². The molecule has 0 fully saturated rings. The molecule has 0 aliphatic carbocycles. The third-order valence-corrected chi connectivity index (χ3v) is 5.74. The number of rotatable bonds is 6. The lowest BCUT2D eigenvalue weighted by Crippen LogP contribution is -2.24. The van der Waals surface area contributed by atoms with E-state index >= 15 is 0 Å². The first-order valence-electron chi connectivity index (χ1n) is 8.28. The third kappa shape index (κ3) is 3.92. The van der Waals surface area contributed by atoms with Gasteiger partial charge in [-0.1, -0.05) is 18.2 Å². The number of hydrogen-bond donors (Lipinski definition) is 3. The van der Waals surface area contributed by atoms with E-state index in [1.165, 1.54) is 28.7 Å². The molecule has 3 aromatic heterocycles. The lowest BCUT2D eigenvalue weighted by molar-refractivity contribution is -0.120. The summed E-state index contributed by atoms with van der Waals surface area (Å²) in [6.07, 6.45) is 1.71. The maximum absolute atomic E-state index is 13.6. The molecular weight excluding hydrogens is 401 g/mol. The quantitative estimate of drug-likeness (QED) is 0.450. The fourth-order valence-corrected chi connectivity index (χ4v) is 4.12. The second kappa shape index (κ2) is 7.87. The van der Waals surface area contributed by atoms with Gasteiger partial charge in [-0.05, 0) is 12.1 Å². The number of amides is 2. The highest BCUT2D eigenvalue weighted by Gasteiger charge is 2.16. The van der Waals surface area contributed by atoms with Crippen molar-refractivity contribution in [2.75, 3.05) is 5.32 Å². The Morgan fingerprint density at radius 2 is 2.11 bits per heavy atom. The van der Waals surface area contributed by atoms with Crippen LogP contribution in [0, 0.1) is 5.82 Å². The molecule has 28 heavy (non-hydrogen) atoms. The molecule has 142 valence electrons. The number of hydrogen-bond acceptors (Lipinski definition) is 6. The van der Waals surface area contributed by atoms with Crippen LogP contribution >= 0.6 is 22.7 Å². The number of aromatic nitrogens is 3. The number of anilines is 1. The van der Waals surface area contributed by atoms with Crippen molar-refractivity contribution in [1.82, 2.24) is 20.5 Å². The van der Waals surface area contributed by atoms with Crippen LogP contribution in [-0.4, -0.2) is 27.0 Å². The summed E-state index contributed by atoms with van der Waals surface area (Å²) in [6.45, 7) is 0.129. The molecule has 0 aliphatic heterocycles. The third-order valence-electron chi connectivity index (χ3n) is 3.94. The van der Waals surface area contributed by atoms with Gasteiger partial charge in [0, 0.05) is 28.6 Å². The minimum atomic E-state index is -0.349. The average Bonchev–Trinajstić information content (AvgIpc) is 3.40. The molecule has 7 nitrogen and oxygen atoms in total. The molecule has 3 N–H and O–H groups in total. The number of nitrogens with one attached hydrogen (secondary N) is 3. The van der Waals surface area contributed by atoms with Crippen LogP contribution in [0.3, 0.4) is 0 Å². The van der Waals surface area contributed by atoms with E-state index in [-0.39, 0.29) is 30.6 Å². The Morgan fingerprint density at radius 3 is 2.89 bits per heavy atom. The van der Waals surface area contributed by atoms with Crippen molar-refractivity contribution in [2.45, 2.75) is 13.0 Å². The minimum Gasteiger partial charge on any atom is -0.352 e. The fourth-order valence-electron chi connectivity index (χ4n) is 2.60. The van der Waals surface area contributed by atoms with E-state index in [9.17, 15) is 14.0 Å². The summed E-state index contributed by atoms with van der Waals surface area (Å²) in [5.41, 5.74) is 0.434. The van der Waals surface area contributed by atoms with Gasteiger partial charge in [0.05, 0.1) is 11.8 Å². The number of nitrogens with zero attached hydrogens (tertiary/aromatic N) is 2. The number of thiophene rings is 1. The van der Waals surface area contributed by atoms with Crippen LogP contribution in [0.15, 0.2) is 41.9 Å². The van der Waals surface area contributed by atoms with Crippen molar-refractivity contribution in [2.24, 2.45) is 0 Å². The van der Waals surface area contributed by atoms with Crippen LogP contribution in [0.4, 0.5) is 10.2 Å². The Bertz CT molecular complexity index is 1140. The van der Waals surface area contributed by atoms with Crippen molar-refractivity contribution in [3.8, 4) is 0 Å². The number of fused-ring (bicyclic) bond motifs is 1. The summed E-state index contributed by atoms with van der Waals surface area (Å²) in [5, 5.41) is 15.2. The van der Waals surface area contributed by atoms with Gasteiger partial charge in [0.2, 0.25) is 5.91 Å². The second-order valence-corrected chi connectivity index (χ2v) is 7.88. The largest absolute Gasteiger partial charge is 0.352 e. The number of benzene rings is 1. The highest BCUT2D eigenvalue weighted by molar-refractivity contribution is 7.18. The highest BCUT2D eigenvalue weighted by Crippen LogP contribution is 2.29. The number of H-pyrrole nitrogens is 1. The molecule has 0 bridgehead atoms. The Hall–Kier alpha value is -3.11. The SMILES string of the molecule is O=C(Cc1cc2c(NC(=O)c3nccs3)[nH]nc2s1)NCc1ccccc1F. The summed E-state index contributed by atoms with van der Waals surface area (Å²) in [5.74, 6) is -0.428. The number of carbonyl (C=O) groups is 2. The Morgan fingerprint density at radius 1 is 1.25 bits per heavy atom. The molecule has 4 rings (SSSR count). The van der Waals surface area contributed by atoms with Crippen LogP contribution in [0.5, 0.6) is 0 Å². The first-order chi connectivity index (χ1) is 13.6. The molecule has 3 heterocycles. The molecule has 0 saturated carbocycles. The van der Waals surface area contributed by atoms with Gasteiger partial charge >= 0.3 is 0 Å². The Balaban J connectivity index is 1.41. The van der Waals surface area contributed by atoms with Crippen molar-refractivity contribution in [3.63, 3.8) is 0 Å². The van der Waals surface area contributed by atoms with Crippen LogP contribution in [0.1, 0.15) is 20.2 Å². The summed E-state index contributed by atoms with van der Waals surface area (Å²) in [6, 6.07) is 8.13. The molecule has 0 unspecified atom stereocenters. The second-order valence-electron chi connectivity index (χ2n) is 5.87. The molecule has 2 amide bonds. The van der Waals surface area contributed by atoms with Crippen molar-refractivity contribution >= 4 is 50.5 Å². The predicted octanol–water partition coefficient (Wildman–Crippen LogP) is 3.33. The van der Waals surface area contributed by atoms with E-state index in [4.69, 9.17) is 0 Å². The molecule has 0 saturated heterocycles. The molecule has 0 spiro atoms. The van der Waals surface area contributed by atoms with Gasteiger partial charge in [0.15, 0.2) is 5.01 Å². The molecule has 10 heteroatoms. The topological polar surface area (TPSA) is 99.8 Å². The maximum atomic E-state index is 13.6. The van der Waals surface area contributed by atoms with E-state index in [0.717, 1.165) is 10.3 Å². The Labute approximate surface area is 166 Å². The summed E-state index contributed by atoms with van der Waals surface area (Å²) >= 11 is 2.60. The van der Waals surface area contributed by atoms with Crippen LogP contribution in [-0.2, 0) is 17.8 Å². The zero-order chi connectivity index (χ0) is 19.5. The average molecular weight is 415 g/mol. The maximum Gasteiger partial charge on any atom is 0.285 e. The smallest absolute Gasteiger partial charge is 0.285 e. The van der Waals surface area contributed by atoms with Crippen molar-refractivity contribution < 1.29 is 14.0 Å². The lowest BCUT2D eigenvalue weighted by atomic mass is 10.2. The lowest BCUT2D eigenvalue weighted by Gasteiger charge is -2.05. The molecular formula is C18H14FN5O2S2. The fraction of sp³-hybridized carbons (Fsp3) is 0.111.